The summed E-state index contributed by atoms with van der Waals surface area (Å²) in [4.78, 5) is 35.4. The van der Waals surface area contributed by atoms with Crippen molar-refractivity contribution in [2.45, 2.75) is 36.7 Å². The summed E-state index contributed by atoms with van der Waals surface area (Å²) < 4.78 is 9.43. The molecule has 1 saturated heterocycles. The van der Waals surface area contributed by atoms with Crippen LogP contribution in [0.3, 0.4) is 0 Å². The molecule has 12 heteroatoms. The molecule has 1 aliphatic rings. The van der Waals surface area contributed by atoms with Gasteiger partial charge in [-0.15, -0.1) is 21.5 Å². The quantitative estimate of drug-likeness (QED) is 0.235. The second-order valence-corrected chi connectivity index (χ2v) is 12.1. The van der Waals surface area contributed by atoms with Crippen LogP contribution >= 0.6 is 23.1 Å². The Morgan fingerprint density at radius 1 is 1.07 bits per heavy atom. The number of hydrogen-bond acceptors (Lipinski definition) is 8. The molecular weight excluding hydrogens is 571 g/mol. The van der Waals surface area contributed by atoms with Crippen LogP contribution in [0.4, 0.5) is 0 Å². The van der Waals surface area contributed by atoms with Gasteiger partial charge >= 0.3 is 5.69 Å². The largest absolute Gasteiger partial charge is 0.461 e. The van der Waals surface area contributed by atoms with E-state index in [9.17, 15) is 9.59 Å². The summed E-state index contributed by atoms with van der Waals surface area (Å²) in [5.74, 6) is 1.73. The number of furan rings is 1. The number of nitrogens with one attached hydrogen (secondary N) is 1. The zero-order valence-electron chi connectivity index (χ0n) is 22.8. The van der Waals surface area contributed by atoms with Gasteiger partial charge in [0.25, 0.3) is 5.91 Å². The van der Waals surface area contributed by atoms with E-state index in [1.807, 2.05) is 74.9 Å². The second-order valence-electron chi connectivity index (χ2n) is 10.2. The maximum Gasteiger partial charge on any atom is 0.326 e. The van der Waals surface area contributed by atoms with Crippen LogP contribution in [-0.4, -0.2) is 53.2 Å². The minimum Gasteiger partial charge on any atom is -0.461 e. The van der Waals surface area contributed by atoms with Crippen molar-refractivity contribution >= 4 is 40.0 Å². The Bertz CT molecular complexity index is 1910. The number of carbonyl (C=O) groups excluding carboxylic acids is 1. The highest BCUT2D eigenvalue weighted by atomic mass is 32.2. The Balaban J connectivity index is 1.03. The number of imidazole rings is 1. The Morgan fingerprint density at radius 3 is 2.67 bits per heavy atom. The van der Waals surface area contributed by atoms with Gasteiger partial charge in [0, 0.05) is 30.2 Å². The summed E-state index contributed by atoms with van der Waals surface area (Å²) in [6, 6.07) is 19.6. The molecule has 1 fully saturated rings. The van der Waals surface area contributed by atoms with Gasteiger partial charge in [0.1, 0.15) is 10.7 Å². The van der Waals surface area contributed by atoms with Gasteiger partial charge in [-0.25, -0.2) is 9.78 Å². The monoisotopic (exact) mass is 597 g/mol. The first-order chi connectivity index (χ1) is 20.5. The fourth-order valence-electron chi connectivity index (χ4n) is 5.38. The van der Waals surface area contributed by atoms with Crippen molar-refractivity contribution in [2.75, 3.05) is 13.1 Å². The summed E-state index contributed by atoms with van der Waals surface area (Å²) in [7, 11) is 0. The number of benzene rings is 2. The van der Waals surface area contributed by atoms with Crippen LogP contribution in [0.1, 0.15) is 39.9 Å². The van der Waals surface area contributed by atoms with Gasteiger partial charge in [-0.3, -0.25) is 13.9 Å². The molecule has 4 aromatic heterocycles. The van der Waals surface area contributed by atoms with E-state index in [0.717, 1.165) is 27.3 Å². The van der Waals surface area contributed by atoms with Gasteiger partial charge in [0.05, 0.1) is 23.0 Å². The molecule has 42 heavy (non-hydrogen) atoms. The molecule has 10 nitrogen and oxygen atoms in total. The molecule has 0 radical (unpaired) electrons. The number of aromatic amines is 1. The number of fused-ring (bicyclic) bond motifs is 1. The van der Waals surface area contributed by atoms with Crippen molar-refractivity contribution in [3.63, 3.8) is 0 Å². The van der Waals surface area contributed by atoms with Gasteiger partial charge in [0.15, 0.2) is 10.9 Å². The number of amides is 1. The Hall–Kier alpha value is -4.42. The first kappa shape index (κ1) is 26.5. The lowest BCUT2D eigenvalue weighted by atomic mass is 10.0. The number of nitrogens with zero attached hydrogens (tertiary/aromatic N) is 6. The third-order valence-electron chi connectivity index (χ3n) is 7.50. The van der Waals surface area contributed by atoms with Crippen LogP contribution in [0.2, 0.25) is 0 Å². The first-order valence-electron chi connectivity index (χ1n) is 13.7. The number of para-hydroxylation sites is 2. The van der Waals surface area contributed by atoms with Crippen molar-refractivity contribution in [3.8, 4) is 17.3 Å². The van der Waals surface area contributed by atoms with Gasteiger partial charge in [-0.1, -0.05) is 41.6 Å². The number of aryl methyl sites for hydroxylation is 1. The molecule has 1 aliphatic heterocycles. The average molecular weight is 598 g/mol. The Morgan fingerprint density at radius 2 is 1.88 bits per heavy atom. The summed E-state index contributed by atoms with van der Waals surface area (Å²) in [5.41, 5.74) is 4.20. The molecule has 0 aliphatic carbocycles. The SMILES string of the molecule is Cc1ccc(-n2c(SCc3nc(C(=O)N4CCC(n5c(=O)[nH]c6ccccc65)CC4)cs3)nnc2-c2ccco2)cc1. The normalized spacial score (nSPS) is 14.2. The minimum atomic E-state index is -0.0999. The van der Waals surface area contributed by atoms with Crippen molar-refractivity contribution in [3.05, 3.63) is 99.1 Å². The van der Waals surface area contributed by atoms with E-state index in [1.54, 1.807) is 6.26 Å². The number of thioether (sulfide) groups is 1. The molecule has 1 amide bonds. The number of carbonyl (C=O) groups is 1. The standard InChI is InChI=1S/C30H27N7O3S2/c1-19-8-10-20(11-9-19)37-27(25-7-4-16-40-25)33-34-30(37)42-18-26-31-23(17-41-26)28(38)35-14-12-21(13-15-35)36-24-6-3-2-5-22(24)32-29(36)39/h2-11,16-17,21H,12-15,18H2,1H3,(H,32,39). The van der Waals surface area contributed by atoms with Gasteiger partial charge in [0.2, 0.25) is 5.82 Å². The molecule has 0 saturated carbocycles. The second kappa shape index (κ2) is 11.1. The number of piperidine rings is 1. The van der Waals surface area contributed by atoms with Crippen LogP contribution in [-0.2, 0) is 5.75 Å². The average Bonchev–Trinajstić information content (AvgIpc) is 3.82. The van der Waals surface area contributed by atoms with E-state index in [2.05, 4.69) is 32.3 Å². The molecular formula is C30H27N7O3S2. The Labute approximate surface area is 249 Å². The van der Waals surface area contributed by atoms with Crippen LogP contribution < -0.4 is 5.69 Å². The number of hydrogen-bond donors (Lipinski definition) is 1. The van der Waals surface area contributed by atoms with E-state index in [4.69, 9.17) is 4.42 Å². The summed E-state index contributed by atoms with van der Waals surface area (Å²) in [5, 5.41) is 12.2. The lowest BCUT2D eigenvalue weighted by Gasteiger charge is -2.32. The topological polar surface area (TPSA) is 115 Å². The molecule has 6 aromatic rings. The molecule has 0 spiro atoms. The van der Waals surface area contributed by atoms with E-state index < -0.39 is 0 Å². The number of rotatable bonds is 7. The van der Waals surface area contributed by atoms with Crippen molar-refractivity contribution in [2.24, 2.45) is 0 Å². The summed E-state index contributed by atoms with van der Waals surface area (Å²) >= 11 is 2.98. The predicted molar refractivity (Wildman–Crippen MR) is 162 cm³/mol. The van der Waals surface area contributed by atoms with Crippen molar-refractivity contribution < 1.29 is 9.21 Å². The highest BCUT2D eigenvalue weighted by Crippen LogP contribution is 2.31. The van der Waals surface area contributed by atoms with Gasteiger partial charge < -0.3 is 14.3 Å². The number of thiazole rings is 1. The molecule has 212 valence electrons. The van der Waals surface area contributed by atoms with Crippen molar-refractivity contribution in [1.82, 2.24) is 34.2 Å². The molecule has 2 aromatic carbocycles. The summed E-state index contributed by atoms with van der Waals surface area (Å²) in [6.07, 6.45) is 3.05. The number of likely N-dealkylation sites (tertiary alicyclic amines) is 1. The van der Waals surface area contributed by atoms with Gasteiger partial charge in [-0.2, -0.15) is 0 Å². The minimum absolute atomic E-state index is 0.0528. The molecule has 0 atom stereocenters. The lowest BCUT2D eigenvalue weighted by Crippen LogP contribution is -2.40. The lowest BCUT2D eigenvalue weighted by molar-refractivity contribution is 0.0689. The zero-order valence-corrected chi connectivity index (χ0v) is 24.4. The number of H-pyrrole nitrogens is 1. The molecule has 7 rings (SSSR count). The predicted octanol–water partition coefficient (Wildman–Crippen LogP) is 5.70. The first-order valence-corrected chi connectivity index (χ1v) is 15.5. The van der Waals surface area contributed by atoms with E-state index in [1.165, 1.54) is 23.1 Å². The van der Waals surface area contributed by atoms with E-state index in [-0.39, 0.29) is 17.6 Å². The summed E-state index contributed by atoms with van der Waals surface area (Å²) in [6.45, 7) is 3.20. The van der Waals surface area contributed by atoms with Crippen LogP contribution in [0, 0.1) is 6.92 Å². The highest BCUT2D eigenvalue weighted by molar-refractivity contribution is 7.98. The fourth-order valence-corrected chi connectivity index (χ4v) is 7.12. The molecule has 0 bridgehead atoms. The number of aromatic nitrogens is 6. The Kier molecular flexibility index (Phi) is 7.00. The smallest absolute Gasteiger partial charge is 0.326 e. The fraction of sp³-hybridized carbons (Fsp3) is 0.233. The van der Waals surface area contributed by atoms with Crippen LogP contribution in [0.5, 0.6) is 0 Å². The molecule has 0 unspecified atom stereocenters. The maximum absolute atomic E-state index is 13.3. The highest BCUT2D eigenvalue weighted by Gasteiger charge is 2.28. The van der Waals surface area contributed by atoms with Crippen LogP contribution in [0.15, 0.2) is 86.7 Å². The van der Waals surface area contributed by atoms with E-state index >= 15 is 0 Å². The van der Waals surface area contributed by atoms with Crippen LogP contribution in [0.25, 0.3) is 28.3 Å². The van der Waals surface area contributed by atoms with Gasteiger partial charge in [-0.05, 0) is 56.2 Å². The third kappa shape index (κ3) is 4.96. The maximum atomic E-state index is 13.3. The molecule has 5 heterocycles. The van der Waals surface area contributed by atoms with E-state index in [0.29, 0.717) is 54.1 Å². The third-order valence-corrected chi connectivity index (χ3v) is 9.48. The zero-order chi connectivity index (χ0) is 28.6. The van der Waals surface area contributed by atoms with Crippen molar-refractivity contribution in [1.29, 1.82) is 0 Å². The molecule has 1 N–H and O–H groups in total.